The normalized spacial score (nSPS) is 11.1. The van der Waals surface area contributed by atoms with Gasteiger partial charge in [-0.15, -0.1) is 0 Å². The van der Waals surface area contributed by atoms with E-state index in [9.17, 15) is 9.59 Å². The van der Waals surface area contributed by atoms with Crippen LogP contribution in [0, 0.1) is 6.92 Å². The van der Waals surface area contributed by atoms with Crippen molar-refractivity contribution in [1.82, 2.24) is 18.9 Å². The highest BCUT2D eigenvalue weighted by Crippen LogP contribution is 2.21. The van der Waals surface area contributed by atoms with Gasteiger partial charge >= 0.3 is 0 Å². The molecule has 3 rings (SSSR count). The van der Waals surface area contributed by atoms with Crippen LogP contribution in [0.15, 0.2) is 41.3 Å². The maximum Gasteiger partial charge on any atom is 0.259 e. The first-order valence-electron chi connectivity index (χ1n) is 8.57. The van der Waals surface area contributed by atoms with Crippen molar-refractivity contribution < 1.29 is 4.79 Å². The quantitative estimate of drug-likeness (QED) is 0.691. The molecule has 0 fully saturated rings. The van der Waals surface area contributed by atoms with Crippen molar-refractivity contribution in [3.8, 4) is 11.3 Å². The smallest absolute Gasteiger partial charge is 0.259 e. The number of benzene rings is 1. The Morgan fingerprint density at radius 1 is 1.19 bits per heavy atom. The summed E-state index contributed by atoms with van der Waals surface area (Å²) in [6.45, 7) is 7.15. The zero-order valence-corrected chi connectivity index (χ0v) is 15.8. The van der Waals surface area contributed by atoms with Gasteiger partial charge in [0.15, 0.2) is 0 Å². The predicted molar refractivity (Wildman–Crippen MR) is 103 cm³/mol. The first kappa shape index (κ1) is 18.2. The summed E-state index contributed by atoms with van der Waals surface area (Å²) >= 11 is 5.94. The topological polar surface area (TPSA) is 59.6 Å². The molecule has 0 saturated heterocycles. The van der Waals surface area contributed by atoms with Gasteiger partial charge in [0, 0.05) is 41.6 Å². The minimum atomic E-state index is -0.170. The number of hydrogen-bond donors (Lipinski definition) is 0. The Morgan fingerprint density at radius 2 is 1.85 bits per heavy atom. The third kappa shape index (κ3) is 3.37. The Kier molecular flexibility index (Phi) is 5.13. The van der Waals surface area contributed by atoms with Gasteiger partial charge in [-0.1, -0.05) is 23.7 Å². The molecule has 2 heterocycles. The predicted octanol–water partition coefficient (Wildman–Crippen LogP) is 2.99. The van der Waals surface area contributed by atoms with Crippen LogP contribution in [0.1, 0.15) is 19.5 Å². The molecular formula is C19H21ClN4O2. The van der Waals surface area contributed by atoms with E-state index in [2.05, 4.69) is 4.98 Å². The number of likely N-dealkylation sites (N-methyl/N-ethyl adjacent to an activating group) is 1. The van der Waals surface area contributed by atoms with Gasteiger partial charge in [-0.3, -0.25) is 14.0 Å². The Hall–Kier alpha value is -2.60. The van der Waals surface area contributed by atoms with Gasteiger partial charge in [0.2, 0.25) is 11.7 Å². The second-order valence-corrected chi connectivity index (χ2v) is 6.52. The third-order valence-corrected chi connectivity index (χ3v) is 4.73. The summed E-state index contributed by atoms with van der Waals surface area (Å²) in [5, 5.41) is 0.637. The van der Waals surface area contributed by atoms with Gasteiger partial charge in [-0.2, -0.15) is 0 Å². The van der Waals surface area contributed by atoms with Crippen LogP contribution in [0.4, 0.5) is 0 Å². The molecule has 0 aliphatic heterocycles. The van der Waals surface area contributed by atoms with Crippen molar-refractivity contribution >= 4 is 23.3 Å². The van der Waals surface area contributed by atoms with E-state index in [1.807, 2.05) is 32.9 Å². The van der Waals surface area contributed by atoms with E-state index in [1.165, 1.54) is 10.5 Å². The molecule has 6 nitrogen and oxygen atoms in total. The highest BCUT2D eigenvalue weighted by Gasteiger charge is 2.16. The van der Waals surface area contributed by atoms with Crippen LogP contribution < -0.4 is 5.56 Å². The lowest BCUT2D eigenvalue weighted by Gasteiger charge is -2.20. The lowest BCUT2D eigenvalue weighted by atomic mass is 10.2. The summed E-state index contributed by atoms with van der Waals surface area (Å²) in [4.78, 5) is 31.3. The minimum absolute atomic E-state index is 0.000285. The molecule has 0 N–H and O–H groups in total. The fourth-order valence-electron chi connectivity index (χ4n) is 2.97. The summed E-state index contributed by atoms with van der Waals surface area (Å²) in [5.41, 5.74) is 2.05. The molecule has 0 aliphatic rings. The van der Waals surface area contributed by atoms with E-state index in [0.717, 1.165) is 5.56 Å². The van der Waals surface area contributed by atoms with Crippen LogP contribution in [0.2, 0.25) is 5.02 Å². The Balaban J connectivity index is 2.10. The van der Waals surface area contributed by atoms with Crippen LogP contribution in [-0.2, 0) is 11.3 Å². The lowest BCUT2D eigenvalue weighted by molar-refractivity contribution is -0.131. The number of fused-ring (bicyclic) bond motifs is 1. The Morgan fingerprint density at radius 3 is 2.46 bits per heavy atom. The number of carbonyl (C=O) groups excluding carboxylic acids is 1. The van der Waals surface area contributed by atoms with Gasteiger partial charge in [0.05, 0.1) is 5.69 Å². The summed E-state index contributed by atoms with van der Waals surface area (Å²) < 4.78 is 3.26. The second kappa shape index (κ2) is 7.33. The van der Waals surface area contributed by atoms with E-state index in [0.29, 0.717) is 35.3 Å². The molecule has 7 heteroatoms. The highest BCUT2D eigenvalue weighted by molar-refractivity contribution is 6.30. The standard InChI is InChI=1S/C19H21ClN4O2/c1-4-22(5-2)18(26)12-23-13(3)10-17(25)24-11-16(21-19(23)24)14-6-8-15(20)9-7-14/h6-11H,4-5,12H2,1-3H3. The first-order valence-corrected chi connectivity index (χ1v) is 8.95. The maximum atomic E-state index is 12.5. The molecule has 1 aromatic carbocycles. The Bertz CT molecular complexity index is 1000. The van der Waals surface area contributed by atoms with Gasteiger partial charge < -0.3 is 9.47 Å². The number of halogens is 1. The SMILES string of the molecule is CCN(CC)C(=O)Cn1c(C)cc(=O)n2cc(-c3ccc(Cl)cc3)nc12. The number of rotatable bonds is 5. The maximum absolute atomic E-state index is 12.5. The third-order valence-electron chi connectivity index (χ3n) is 4.47. The second-order valence-electron chi connectivity index (χ2n) is 6.08. The molecule has 0 spiro atoms. The fourth-order valence-corrected chi connectivity index (χ4v) is 3.10. The number of nitrogens with zero attached hydrogens (tertiary/aromatic N) is 4. The number of amides is 1. The Labute approximate surface area is 156 Å². The van der Waals surface area contributed by atoms with E-state index in [4.69, 9.17) is 11.6 Å². The molecule has 2 aromatic heterocycles. The van der Waals surface area contributed by atoms with Gasteiger partial charge in [-0.25, -0.2) is 4.98 Å². The van der Waals surface area contributed by atoms with Crippen molar-refractivity contribution in [2.75, 3.05) is 13.1 Å². The van der Waals surface area contributed by atoms with Gasteiger partial charge in [0.25, 0.3) is 5.56 Å². The van der Waals surface area contributed by atoms with Crippen molar-refractivity contribution in [3.05, 3.63) is 57.6 Å². The van der Waals surface area contributed by atoms with E-state index >= 15 is 0 Å². The summed E-state index contributed by atoms with van der Waals surface area (Å²) in [5.74, 6) is 0.458. The summed E-state index contributed by atoms with van der Waals surface area (Å²) in [7, 11) is 0. The van der Waals surface area contributed by atoms with Gasteiger partial charge in [-0.05, 0) is 32.9 Å². The molecule has 0 unspecified atom stereocenters. The largest absolute Gasteiger partial charge is 0.342 e. The summed E-state index contributed by atoms with van der Waals surface area (Å²) in [6.07, 6.45) is 1.69. The number of aryl methyl sites for hydroxylation is 1. The number of aromatic nitrogens is 3. The lowest BCUT2D eigenvalue weighted by Crippen LogP contribution is -2.34. The van der Waals surface area contributed by atoms with E-state index in [-0.39, 0.29) is 18.0 Å². The fraction of sp³-hybridized carbons (Fsp3) is 0.316. The zero-order valence-electron chi connectivity index (χ0n) is 15.1. The molecular weight excluding hydrogens is 352 g/mol. The van der Waals surface area contributed by atoms with Crippen LogP contribution in [0.25, 0.3) is 17.0 Å². The van der Waals surface area contributed by atoms with Crippen LogP contribution >= 0.6 is 11.6 Å². The molecule has 0 atom stereocenters. The number of hydrogen-bond acceptors (Lipinski definition) is 3. The zero-order chi connectivity index (χ0) is 18.8. The molecule has 136 valence electrons. The molecule has 0 saturated carbocycles. The van der Waals surface area contributed by atoms with Crippen LogP contribution in [0.5, 0.6) is 0 Å². The van der Waals surface area contributed by atoms with Crippen molar-refractivity contribution in [2.45, 2.75) is 27.3 Å². The number of carbonyl (C=O) groups is 1. The van der Waals surface area contributed by atoms with Crippen molar-refractivity contribution in [1.29, 1.82) is 0 Å². The monoisotopic (exact) mass is 372 g/mol. The molecule has 1 amide bonds. The molecule has 0 bridgehead atoms. The molecule has 0 aliphatic carbocycles. The van der Waals surface area contributed by atoms with E-state index < -0.39 is 0 Å². The minimum Gasteiger partial charge on any atom is -0.342 e. The average molecular weight is 373 g/mol. The van der Waals surface area contributed by atoms with Crippen LogP contribution in [0.3, 0.4) is 0 Å². The first-order chi connectivity index (χ1) is 12.4. The van der Waals surface area contributed by atoms with Crippen molar-refractivity contribution in [3.63, 3.8) is 0 Å². The highest BCUT2D eigenvalue weighted by atomic mass is 35.5. The average Bonchev–Trinajstić information content (AvgIpc) is 3.06. The van der Waals surface area contributed by atoms with Crippen LogP contribution in [-0.4, -0.2) is 37.8 Å². The van der Waals surface area contributed by atoms with Gasteiger partial charge in [0.1, 0.15) is 6.54 Å². The molecule has 3 aromatic rings. The molecule has 0 radical (unpaired) electrons. The number of imidazole rings is 1. The van der Waals surface area contributed by atoms with E-state index in [1.54, 1.807) is 27.8 Å². The molecule has 26 heavy (non-hydrogen) atoms. The van der Waals surface area contributed by atoms with Crippen molar-refractivity contribution in [2.24, 2.45) is 0 Å². The summed E-state index contributed by atoms with van der Waals surface area (Å²) in [6, 6.07) is 8.79.